The molecular formula is C15H12F2N4O. The predicted octanol–water partition coefficient (Wildman–Crippen LogP) is 2.94. The third-order valence-corrected chi connectivity index (χ3v) is 2.94. The van der Waals surface area contributed by atoms with Gasteiger partial charge in [0, 0.05) is 11.8 Å². The number of pyridine rings is 1. The third-order valence-electron chi connectivity index (χ3n) is 2.94. The van der Waals surface area contributed by atoms with Crippen molar-refractivity contribution in [3.63, 3.8) is 0 Å². The summed E-state index contributed by atoms with van der Waals surface area (Å²) in [5.74, 6) is -2.67. The van der Waals surface area contributed by atoms with E-state index in [2.05, 4.69) is 21.7 Å². The smallest absolute Gasteiger partial charge is 0.262 e. The van der Waals surface area contributed by atoms with Crippen LogP contribution in [0.4, 0.5) is 20.2 Å². The van der Waals surface area contributed by atoms with E-state index in [4.69, 9.17) is 5.73 Å². The standard InChI is InChI=1S/C15H12F2N4O/c1-8(15(18)22)21-14-10(6-20-7-13(14)19-2)9-3-4-11(16)12(17)5-9/h3-7H,2H2,1H3,(H2,18,22). The van der Waals surface area contributed by atoms with Crippen LogP contribution >= 0.6 is 0 Å². The number of halogens is 2. The van der Waals surface area contributed by atoms with Crippen LogP contribution in [0, 0.1) is 11.6 Å². The van der Waals surface area contributed by atoms with E-state index in [0.717, 1.165) is 12.1 Å². The Bertz CT molecular complexity index is 787. The average molecular weight is 302 g/mol. The lowest BCUT2D eigenvalue weighted by molar-refractivity contribution is -0.112. The van der Waals surface area contributed by atoms with Gasteiger partial charge in [-0.3, -0.25) is 14.8 Å². The van der Waals surface area contributed by atoms with Crippen LogP contribution < -0.4 is 5.73 Å². The summed E-state index contributed by atoms with van der Waals surface area (Å²) in [5.41, 5.74) is 6.48. The van der Waals surface area contributed by atoms with Gasteiger partial charge in [-0.25, -0.2) is 13.8 Å². The second-order valence-corrected chi connectivity index (χ2v) is 4.40. The van der Waals surface area contributed by atoms with Gasteiger partial charge in [0.05, 0.1) is 6.20 Å². The Kier molecular flexibility index (Phi) is 4.36. The van der Waals surface area contributed by atoms with Crippen LogP contribution in [0.3, 0.4) is 0 Å². The lowest BCUT2D eigenvalue weighted by atomic mass is 10.0. The van der Waals surface area contributed by atoms with E-state index in [0.29, 0.717) is 16.8 Å². The van der Waals surface area contributed by atoms with Crippen molar-refractivity contribution in [2.45, 2.75) is 6.92 Å². The van der Waals surface area contributed by atoms with Gasteiger partial charge in [0.25, 0.3) is 5.91 Å². The molecule has 1 heterocycles. The molecule has 5 nitrogen and oxygen atoms in total. The zero-order valence-electron chi connectivity index (χ0n) is 11.7. The van der Waals surface area contributed by atoms with E-state index in [1.807, 2.05) is 0 Å². The lowest BCUT2D eigenvalue weighted by Gasteiger charge is -2.09. The Hall–Kier alpha value is -2.96. The molecule has 0 atom stereocenters. The van der Waals surface area contributed by atoms with E-state index < -0.39 is 17.5 Å². The van der Waals surface area contributed by atoms with Gasteiger partial charge in [-0.2, -0.15) is 0 Å². The molecule has 0 bridgehead atoms. The fraction of sp³-hybridized carbons (Fsp3) is 0.0667. The number of nitrogens with two attached hydrogens (primary N) is 1. The highest BCUT2D eigenvalue weighted by molar-refractivity contribution is 6.38. The molecule has 1 aromatic carbocycles. The van der Waals surface area contributed by atoms with Crippen molar-refractivity contribution >= 4 is 29.7 Å². The normalized spacial score (nSPS) is 11.3. The largest absolute Gasteiger partial charge is 0.365 e. The second kappa shape index (κ2) is 6.21. The minimum absolute atomic E-state index is 0.0416. The molecule has 2 aromatic rings. The van der Waals surface area contributed by atoms with Crippen LogP contribution in [0.15, 0.2) is 40.6 Å². The molecular weight excluding hydrogens is 290 g/mol. The zero-order valence-corrected chi connectivity index (χ0v) is 11.7. The molecule has 2 rings (SSSR count). The minimum atomic E-state index is -1.00. The van der Waals surface area contributed by atoms with E-state index in [9.17, 15) is 13.6 Å². The molecule has 2 N–H and O–H groups in total. The molecule has 0 unspecified atom stereocenters. The average Bonchev–Trinajstić information content (AvgIpc) is 2.50. The number of benzene rings is 1. The molecule has 112 valence electrons. The van der Waals surface area contributed by atoms with Gasteiger partial charge < -0.3 is 5.73 Å². The first-order valence-electron chi connectivity index (χ1n) is 6.19. The summed E-state index contributed by atoms with van der Waals surface area (Å²) in [6, 6.07) is 3.38. The molecule has 1 amide bonds. The molecule has 0 fully saturated rings. The van der Waals surface area contributed by atoms with Crippen molar-refractivity contribution in [1.29, 1.82) is 0 Å². The number of carbonyl (C=O) groups is 1. The fourth-order valence-electron chi connectivity index (χ4n) is 1.77. The lowest BCUT2D eigenvalue weighted by Crippen LogP contribution is -2.19. The first-order valence-corrected chi connectivity index (χ1v) is 6.19. The highest BCUT2D eigenvalue weighted by Crippen LogP contribution is 2.37. The van der Waals surface area contributed by atoms with Crippen molar-refractivity contribution < 1.29 is 13.6 Å². The van der Waals surface area contributed by atoms with E-state index >= 15 is 0 Å². The highest BCUT2D eigenvalue weighted by Gasteiger charge is 2.13. The number of nitrogens with zero attached hydrogens (tertiary/aromatic N) is 3. The van der Waals surface area contributed by atoms with E-state index in [1.54, 1.807) is 0 Å². The molecule has 7 heteroatoms. The summed E-state index contributed by atoms with van der Waals surface area (Å²) in [5, 5.41) is 0. The van der Waals surface area contributed by atoms with Crippen LogP contribution in [-0.4, -0.2) is 23.3 Å². The Labute approximate surface area is 125 Å². The number of rotatable bonds is 4. The number of aliphatic imine (C=N–C) groups is 2. The number of amides is 1. The Morgan fingerprint density at radius 3 is 2.59 bits per heavy atom. The molecule has 0 radical (unpaired) electrons. The first-order chi connectivity index (χ1) is 10.4. The van der Waals surface area contributed by atoms with Crippen LogP contribution in [0.1, 0.15) is 6.92 Å². The number of aromatic nitrogens is 1. The minimum Gasteiger partial charge on any atom is -0.365 e. The maximum atomic E-state index is 13.4. The predicted molar refractivity (Wildman–Crippen MR) is 80.8 cm³/mol. The fourth-order valence-corrected chi connectivity index (χ4v) is 1.77. The Balaban J connectivity index is 2.70. The van der Waals surface area contributed by atoms with Crippen LogP contribution in [0.2, 0.25) is 0 Å². The van der Waals surface area contributed by atoms with Crippen LogP contribution in [-0.2, 0) is 4.79 Å². The Morgan fingerprint density at radius 1 is 1.27 bits per heavy atom. The maximum absolute atomic E-state index is 13.4. The highest BCUT2D eigenvalue weighted by atomic mass is 19.2. The summed E-state index contributed by atoms with van der Waals surface area (Å²) in [6.45, 7) is 4.84. The monoisotopic (exact) mass is 302 g/mol. The van der Waals surface area contributed by atoms with Gasteiger partial charge in [0.1, 0.15) is 17.1 Å². The van der Waals surface area contributed by atoms with Crippen LogP contribution in [0.25, 0.3) is 11.1 Å². The van der Waals surface area contributed by atoms with Crippen molar-refractivity contribution in [2.75, 3.05) is 0 Å². The molecule has 0 spiro atoms. The summed E-state index contributed by atoms with van der Waals surface area (Å²) >= 11 is 0. The molecule has 0 saturated carbocycles. The van der Waals surface area contributed by atoms with Gasteiger partial charge in [-0.05, 0) is 31.3 Å². The zero-order chi connectivity index (χ0) is 16.3. The van der Waals surface area contributed by atoms with Crippen molar-refractivity contribution in [1.82, 2.24) is 4.98 Å². The molecule has 0 aliphatic rings. The molecule has 0 saturated heterocycles. The van der Waals surface area contributed by atoms with E-state index in [-0.39, 0.29) is 11.4 Å². The number of carbonyl (C=O) groups excluding carboxylic acids is 1. The number of hydrogen-bond donors (Lipinski definition) is 1. The summed E-state index contributed by atoms with van der Waals surface area (Å²) in [4.78, 5) is 23.0. The molecule has 1 aromatic heterocycles. The summed E-state index contributed by atoms with van der Waals surface area (Å²) < 4.78 is 26.5. The van der Waals surface area contributed by atoms with Crippen molar-refractivity contribution in [2.24, 2.45) is 15.7 Å². The van der Waals surface area contributed by atoms with Crippen molar-refractivity contribution in [3.8, 4) is 11.1 Å². The van der Waals surface area contributed by atoms with Crippen molar-refractivity contribution in [3.05, 3.63) is 42.2 Å². The quantitative estimate of drug-likeness (QED) is 0.881. The summed E-state index contributed by atoms with van der Waals surface area (Å²) in [7, 11) is 0. The van der Waals surface area contributed by atoms with Crippen LogP contribution in [0.5, 0.6) is 0 Å². The van der Waals surface area contributed by atoms with Gasteiger partial charge in [-0.1, -0.05) is 6.07 Å². The van der Waals surface area contributed by atoms with Gasteiger partial charge >= 0.3 is 0 Å². The third kappa shape index (κ3) is 3.03. The van der Waals surface area contributed by atoms with E-state index in [1.165, 1.54) is 25.4 Å². The Morgan fingerprint density at radius 2 is 2.00 bits per heavy atom. The first kappa shape index (κ1) is 15.4. The summed E-state index contributed by atoms with van der Waals surface area (Å²) in [6.07, 6.45) is 2.80. The van der Waals surface area contributed by atoms with Gasteiger partial charge in [0.15, 0.2) is 11.6 Å². The number of primary amides is 1. The SMILES string of the molecule is C=Nc1cncc(-c2ccc(F)c(F)c2)c1N=C(C)C(N)=O. The number of hydrogen-bond acceptors (Lipinski definition) is 4. The van der Waals surface area contributed by atoms with Gasteiger partial charge in [-0.15, -0.1) is 0 Å². The molecule has 22 heavy (non-hydrogen) atoms. The van der Waals surface area contributed by atoms with Gasteiger partial charge in [0.2, 0.25) is 0 Å². The molecule has 0 aliphatic heterocycles. The maximum Gasteiger partial charge on any atom is 0.262 e. The molecule has 0 aliphatic carbocycles. The topological polar surface area (TPSA) is 80.7 Å². The second-order valence-electron chi connectivity index (χ2n) is 4.40.